The van der Waals surface area contributed by atoms with Gasteiger partial charge in [0.05, 0.1) is 11.0 Å². The maximum atomic E-state index is 11.8. The van der Waals surface area contributed by atoms with Crippen LogP contribution < -0.4 is 10.6 Å². The first kappa shape index (κ1) is 12.5. The lowest BCUT2D eigenvalue weighted by atomic mass is 10.3. The van der Waals surface area contributed by atoms with E-state index in [0.717, 1.165) is 30.7 Å². The second kappa shape index (κ2) is 6.09. The predicted octanol–water partition coefficient (Wildman–Crippen LogP) is 0.688. The molecule has 0 radical (unpaired) electrons. The monoisotopic (exact) mass is 298 g/mol. The molecular weight excluding hydrogens is 284 g/mol. The summed E-state index contributed by atoms with van der Waals surface area (Å²) in [5, 5.41) is 6.05. The minimum absolute atomic E-state index is 0.0219. The zero-order valence-electron chi connectivity index (χ0n) is 9.45. The van der Waals surface area contributed by atoms with Crippen molar-refractivity contribution in [3.8, 4) is 0 Å². The lowest BCUT2D eigenvalue weighted by Gasteiger charge is -2.26. The number of nitrogens with zero attached hydrogens (tertiary/aromatic N) is 2. The molecule has 0 atom stereocenters. The largest absolute Gasteiger partial charge is 0.314 e. The molecule has 2 N–H and O–H groups in total. The number of anilines is 1. The third-order valence-electron chi connectivity index (χ3n) is 2.59. The molecule has 0 aromatic carbocycles. The average molecular weight is 299 g/mol. The molecule has 1 saturated heterocycles. The molecule has 1 fully saturated rings. The van der Waals surface area contributed by atoms with Gasteiger partial charge in [-0.05, 0) is 28.1 Å². The average Bonchev–Trinajstić information content (AvgIpc) is 2.33. The molecule has 2 heterocycles. The lowest BCUT2D eigenvalue weighted by molar-refractivity contribution is -0.117. The number of hydrogen-bond donors (Lipinski definition) is 2. The van der Waals surface area contributed by atoms with Crippen molar-refractivity contribution in [2.24, 2.45) is 0 Å². The van der Waals surface area contributed by atoms with Crippen molar-refractivity contribution < 1.29 is 4.79 Å². The molecule has 0 bridgehead atoms. The maximum absolute atomic E-state index is 11.8. The van der Waals surface area contributed by atoms with E-state index in [2.05, 4.69) is 36.4 Å². The van der Waals surface area contributed by atoms with E-state index in [1.807, 2.05) is 12.1 Å². The molecule has 2 rings (SSSR count). The Morgan fingerprint density at radius 3 is 3.00 bits per heavy atom. The van der Waals surface area contributed by atoms with Gasteiger partial charge in [0.2, 0.25) is 5.91 Å². The highest BCUT2D eigenvalue weighted by atomic mass is 79.9. The molecule has 1 aromatic heterocycles. The van der Waals surface area contributed by atoms with Crippen molar-refractivity contribution in [1.82, 2.24) is 15.2 Å². The van der Waals surface area contributed by atoms with E-state index in [1.54, 1.807) is 6.20 Å². The molecule has 1 aliphatic heterocycles. The smallest absolute Gasteiger partial charge is 0.239 e. The van der Waals surface area contributed by atoms with Gasteiger partial charge in [0.25, 0.3) is 0 Å². The van der Waals surface area contributed by atoms with Crippen molar-refractivity contribution >= 4 is 27.7 Å². The summed E-state index contributed by atoms with van der Waals surface area (Å²) >= 11 is 3.35. The van der Waals surface area contributed by atoms with E-state index in [4.69, 9.17) is 0 Å². The van der Waals surface area contributed by atoms with Crippen LogP contribution in [0.15, 0.2) is 22.8 Å². The predicted molar refractivity (Wildman–Crippen MR) is 69.9 cm³/mol. The summed E-state index contributed by atoms with van der Waals surface area (Å²) in [6, 6.07) is 3.67. The number of nitrogens with one attached hydrogen (secondary N) is 2. The summed E-state index contributed by atoms with van der Waals surface area (Å²) in [5.74, 6) is 0.555. The highest BCUT2D eigenvalue weighted by Gasteiger charge is 2.14. The first-order valence-electron chi connectivity index (χ1n) is 5.59. The number of rotatable bonds is 3. The van der Waals surface area contributed by atoms with E-state index < -0.39 is 0 Å². The van der Waals surface area contributed by atoms with Gasteiger partial charge in [-0.1, -0.05) is 0 Å². The summed E-state index contributed by atoms with van der Waals surface area (Å²) in [7, 11) is 0. The third kappa shape index (κ3) is 3.76. The Labute approximate surface area is 109 Å². The molecule has 6 heteroatoms. The Balaban J connectivity index is 1.86. The first-order valence-corrected chi connectivity index (χ1v) is 6.38. The minimum atomic E-state index is -0.0219. The van der Waals surface area contributed by atoms with Crippen molar-refractivity contribution in [3.63, 3.8) is 0 Å². The molecule has 17 heavy (non-hydrogen) atoms. The molecule has 1 amide bonds. The Hall–Kier alpha value is -0.980. The summed E-state index contributed by atoms with van der Waals surface area (Å²) < 4.78 is 0.800. The third-order valence-corrected chi connectivity index (χ3v) is 3.23. The van der Waals surface area contributed by atoms with Gasteiger partial charge in [-0.25, -0.2) is 4.98 Å². The zero-order chi connectivity index (χ0) is 12.1. The van der Waals surface area contributed by atoms with E-state index >= 15 is 0 Å². The van der Waals surface area contributed by atoms with E-state index in [1.165, 1.54) is 0 Å². The van der Waals surface area contributed by atoms with Gasteiger partial charge in [0, 0.05) is 32.4 Å². The second-order valence-electron chi connectivity index (χ2n) is 3.91. The Morgan fingerprint density at radius 1 is 1.53 bits per heavy atom. The van der Waals surface area contributed by atoms with Crippen LogP contribution >= 0.6 is 15.9 Å². The number of halogens is 1. The van der Waals surface area contributed by atoms with Gasteiger partial charge in [-0.3, -0.25) is 9.69 Å². The molecule has 1 aliphatic rings. The SMILES string of the molecule is O=C(CN1CCNCC1)Nc1ncccc1Br. The topological polar surface area (TPSA) is 57.3 Å². The molecule has 0 saturated carbocycles. The molecular formula is C11H15BrN4O. The van der Waals surface area contributed by atoms with E-state index in [0.29, 0.717) is 12.4 Å². The summed E-state index contributed by atoms with van der Waals surface area (Å²) in [6.07, 6.45) is 1.66. The lowest BCUT2D eigenvalue weighted by Crippen LogP contribution is -2.46. The van der Waals surface area contributed by atoms with Crippen LogP contribution in [0.1, 0.15) is 0 Å². The van der Waals surface area contributed by atoms with Crippen LogP contribution in [-0.4, -0.2) is 48.5 Å². The van der Waals surface area contributed by atoms with Crippen molar-refractivity contribution in [1.29, 1.82) is 0 Å². The van der Waals surface area contributed by atoms with Gasteiger partial charge in [0.1, 0.15) is 5.82 Å². The Bertz CT molecular complexity index is 393. The van der Waals surface area contributed by atoms with E-state index in [-0.39, 0.29) is 5.91 Å². The van der Waals surface area contributed by atoms with Crippen molar-refractivity contribution in [3.05, 3.63) is 22.8 Å². The molecule has 0 spiro atoms. The fourth-order valence-electron chi connectivity index (χ4n) is 1.72. The summed E-state index contributed by atoms with van der Waals surface area (Å²) in [5.41, 5.74) is 0. The van der Waals surface area contributed by atoms with Crippen LogP contribution in [0.2, 0.25) is 0 Å². The van der Waals surface area contributed by atoms with Crippen LogP contribution in [0.5, 0.6) is 0 Å². The standard InChI is InChI=1S/C11H15BrN4O/c12-9-2-1-3-14-11(9)15-10(17)8-16-6-4-13-5-7-16/h1-3,13H,4-8H2,(H,14,15,17). The van der Waals surface area contributed by atoms with Gasteiger partial charge in [-0.15, -0.1) is 0 Å². The highest BCUT2D eigenvalue weighted by Crippen LogP contribution is 2.17. The number of piperazine rings is 1. The van der Waals surface area contributed by atoms with Gasteiger partial charge < -0.3 is 10.6 Å². The van der Waals surface area contributed by atoms with Crippen LogP contribution in [0, 0.1) is 0 Å². The Morgan fingerprint density at radius 2 is 2.29 bits per heavy atom. The summed E-state index contributed by atoms with van der Waals surface area (Å²) in [6.45, 7) is 4.14. The fourth-order valence-corrected chi connectivity index (χ4v) is 2.08. The highest BCUT2D eigenvalue weighted by molar-refractivity contribution is 9.10. The van der Waals surface area contributed by atoms with Crippen LogP contribution in [-0.2, 0) is 4.79 Å². The molecule has 0 aliphatic carbocycles. The molecule has 92 valence electrons. The van der Waals surface area contributed by atoms with Gasteiger partial charge in [0.15, 0.2) is 0 Å². The maximum Gasteiger partial charge on any atom is 0.239 e. The van der Waals surface area contributed by atoms with Crippen LogP contribution in [0.4, 0.5) is 5.82 Å². The van der Waals surface area contributed by atoms with E-state index in [9.17, 15) is 4.79 Å². The van der Waals surface area contributed by atoms with Crippen molar-refractivity contribution in [2.75, 3.05) is 38.0 Å². The number of aromatic nitrogens is 1. The van der Waals surface area contributed by atoms with Crippen molar-refractivity contribution in [2.45, 2.75) is 0 Å². The molecule has 5 nitrogen and oxygen atoms in total. The molecule has 0 unspecified atom stereocenters. The van der Waals surface area contributed by atoms with Gasteiger partial charge in [-0.2, -0.15) is 0 Å². The zero-order valence-corrected chi connectivity index (χ0v) is 11.0. The van der Waals surface area contributed by atoms with Crippen LogP contribution in [0.25, 0.3) is 0 Å². The first-order chi connectivity index (χ1) is 8.25. The number of carbonyl (C=O) groups excluding carboxylic acids is 1. The molecule has 1 aromatic rings. The fraction of sp³-hybridized carbons (Fsp3) is 0.455. The second-order valence-corrected chi connectivity index (χ2v) is 4.76. The number of carbonyl (C=O) groups is 1. The Kier molecular flexibility index (Phi) is 4.47. The quantitative estimate of drug-likeness (QED) is 0.862. The number of hydrogen-bond acceptors (Lipinski definition) is 4. The summed E-state index contributed by atoms with van der Waals surface area (Å²) in [4.78, 5) is 18.0. The number of pyridine rings is 1. The minimum Gasteiger partial charge on any atom is -0.314 e. The van der Waals surface area contributed by atoms with Gasteiger partial charge >= 0.3 is 0 Å². The number of amides is 1. The van der Waals surface area contributed by atoms with Crippen LogP contribution in [0.3, 0.4) is 0 Å². The normalized spacial score (nSPS) is 16.8.